The van der Waals surface area contributed by atoms with Gasteiger partial charge in [-0.25, -0.2) is 4.90 Å². The lowest BCUT2D eigenvalue weighted by Crippen LogP contribution is -2.27. The Hall–Kier alpha value is -1.56. The Morgan fingerprint density at radius 3 is 2.70 bits per heavy atom. The number of imide groups is 1. The van der Waals surface area contributed by atoms with Crippen molar-refractivity contribution >= 4 is 57.6 Å². The Morgan fingerprint density at radius 1 is 1.15 bits per heavy atom. The van der Waals surface area contributed by atoms with E-state index in [-0.39, 0.29) is 11.1 Å². The van der Waals surface area contributed by atoms with Gasteiger partial charge in [-0.3, -0.25) is 9.59 Å². The van der Waals surface area contributed by atoms with Gasteiger partial charge in [-0.1, -0.05) is 23.7 Å². The highest BCUT2D eigenvalue weighted by Gasteiger charge is 2.36. The van der Waals surface area contributed by atoms with E-state index in [1.54, 1.807) is 30.3 Å². The van der Waals surface area contributed by atoms with Gasteiger partial charge < -0.3 is 0 Å². The van der Waals surface area contributed by atoms with E-state index < -0.39 is 0 Å². The highest BCUT2D eigenvalue weighted by atomic mass is 35.5. The van der Waals surface area contributed by atoms with E-state index in [4.69, 9.17) is 11.6 Å². The fourth-order valence-corrected chi connectivity index (χ4v) is 3.56. The predicted octanol–water partition coefficient (Wildman–Crippen LogP) is 4.64. The number of carbonyl (C=O) groups excluding carboxylic acids is 2. The highest BCUT2D eigenvalue weighted by molar-refractivity contribution is 8.19. The summed E-state index contributed by atoms with van der Waals surface area (Å²) in [6.45, 7) is 0. The molecule has 0 saturated carbocycles. The molecule has 3 rings (SSSR count). The molecule has 0 unspecified atom stereocenters. The zero-order valence-electron chi connectivity index (χ0n) is 10.1. The van der Waals surface area contributed by atoms with Crippen LogP contribution in [0.4, 0.5) is 10.5 Å². The van der Waals surface area contributed by atoms with Gasteiger partial charge >= 0.3 is 0 Å². The molecule has 1 fully saturated rings. The summed E-state index contributed by atoms with van der Waals surface area (Å²) in [6, 6.07) is 10.5. The average molecular weight is 322 g/mol. The van der Waals surface area contributed by atoms with Crippen molar-refractivity contribution < 1.29 is 9.59 Å². The quantitative estimate of drug-likeness (QED) is 0.756. The molecule has 0 bridgehead atoms. The number of thiophene rings is 1. The van der Waals surface area contributed by atoms with E-state index >= 15 is 0 Å². The summed E-state index contributed by atoms with van der Waals surface area (Å²) < 4.78 is 0. The van der Waals surface area contributed by atoms with Gasteiger partial charge in [0.1, 0.15) is 0 Å². The standard InChI is InChI=1S/C14H8ClNO2S2/c15-9-3-1-4-10(7-9)16-13(17)12(20-14(16)18)8-11-5-2-6-19-11/h1-8H/b12-8-. The molecule has 1 aliphatic heterocycles. The number of amides is 2. The monoisotopic (exact) mass is 321 g/mol. The second kappa shape index (κ2) is 5.44. The van der Waals surface area contributed by atoms with Crippen molar-refractivity contribution in [3.8, 4) is 0 Å². The molecule has 1 aromatic heterocycles. The number of carbonyl (C=O) groups is 2. The lowest BCUT2D eigenvalue weighted by Gasteiger charge is -2.12. The second-order valence-corrected chi connectivity index (χ2v) is 6.42. The number of rotatable bonds is 2. The lowest BCUT2D eigenvalue weighted by atomic mass is 10.3. The van der Waals surface area contributed by atoms with Gasteiger partial charge in [0.2, 0.25) is 0 Å². The first-order chi connectivity index (χ1) is 9.65. The summed E-state index contributed by atoms with van der Waals surface area (Å²) >= 11 is 8.36. The summed E-state index contributed by atoms with van der Waals surface area (Å²) in [5.74, 6) is -0.310. The minimum atomic E-state index is -0.310. The molecule has 2 amide bonds. The van der Waals surface area contributed by atoms with Crippen LogP contribution < -0.4 is 4.90 Å². The van der Waals surface area contributed by atoms with E-state index in [9.17, 15) is 9.59 Å². The van der Waals surface area contributed by atoms with Gasteiger partial charge in [-0.05, 0) is 47.5 Å². The van der Waals surface area contributed by atoms with E-state index in [0.29, 0.717) is 15.6 Å². The number of hydrogen-bond donors (Lipinski definition) is 0. The van der Waals surface area contributed by atoms with Gasteiger partial charge in [0.15, 0.2) is 0 Å². The fraction of sp³-hybridized carbons (Fsp3) is 0. The SMILES string of the molecule is O=C1S/C(=C\c2cccs2)C(=O)N1c1cccc(Cl)c1. The summed E-state index contributed by atoms with van der Waals surface area (Å²) in [6.07, 6.45) is 1.74. The first-order valence-corrected chi connectivity index (χ1v) is 7.79. The van der Waals surface area contributed by atoms with Crippen LogP contribution in [-0.2, 0) is 4.79 Å². The minimum absolute atomic E-state index is 0.305. The molecule has 1 aromatic carbocycles. The zero-order valence-corrected chi connectivity index (χ0v) is 12.5. The molecule has 0 aliphatic carbocycles. The van der Waals surface area contributed by atoms with Gasteiger partial charge in [0.05, 0.1) is 10.6 Å². The number of halogens is 1. The Labute approximate surface area is 128 Å². The number of nitrogens with zero attached hydrogens (tertiary/aromatic N) is 1. The number of thioether (sulfide) groups is 1. The van der Waals surface area contributed by atoms with Crippen LogP contribution in [0.3, 0.4) is 0 Å². The topological polar surface area (TPSA) is 37.4 Å². The summed E-state index contributed by atoms with van der Waals surface area (Å²) in [7, 11) is 0. The van der Waals surface area contributed by atoms with Crippen LogP contribution in [0.2, 0.25) is 5.02 Å². The third-order valence-corrected chi connectivity index (χ3v) is 4.60. The van der Waals surface area contributed by atoms with Crippen LogP contribution in [0.1, 0.15) is 4.88 Å². The average Bonchev–Trinajstić information content (AvgIpc) is 2.99. The van der Waals surface area contributed by atoms with E-state index in [2.05, 4.69) is 0 Å². The van der Waals surface area contributed by atoms with Crippen LogP contribution in [0.5, 0.6) is 0 Å². The van der Waals surface area contributed by atoms with Gasteiger partial charge in [0, 0.05) is 9.90 Å². The van der Waals surface area contributed by atoms with Gasteiger partial charge in [0.25, 0.3) is 11.1 Å². The Balaban J connectivity index is 1.95. The highest BCUT2D eigenvalue weighted by Crippen LogP contribution is 2.36. The number of benzene rings is 1. The van der Waals surface area contributed by atoms with Crippen LogP contribution in [-0.4, -0.2) is 11.1 Å². The first-order valence-electron chi connectivity index (χ1n) is 5.72. The number of hydrogen-bond acceptors (Lipinski definition) is 4. The van der Waals surface area contributed by atoms with Crippen molar-refractivity contribution in [1.82, 2.24) is 0 Å². The molecule has 1 saturated heterocycles. The molecular formula is C14H8ClNO2S2. The van der Waals surface area contributed by atoms with Crippen LogP contribution in [0, 0.1) is 0 Å². The largest absolute Gasteiger partial charge is 0.298 e. The van der Waals surface area contributed by atoms with Crippen molar-refractivity contribution in [1.29, 1.82) is 0 Å². The van der Waals surface area contributed by atoms with Crippen LogP contribution in [0.25, 0.3) is 6.08 Å². The maximum absolute atomic E-state index is 12.3. The molecule has 0 N–H and O–H groups in total. The molecule has 2 aromatic rings. The number of anilines is 1. The van der Waals surface area contributed by atoms with Gasteiger partial charge in [-0.15, -0.1) is 11.3 Å². The normalized spacial score (nSPS) is 17.2. The fourth-order valence-electron chi connectivity index (χ4n) is 1.81. The molecule has 6 heteroatoms. The maximum atomic E-state index is 12.3. The Morgan fingerprint density at radius 2 is 2.00 bits per heavy atom. The summed E-state index contributed by atoms with van der Waals surface area (Å²) in [5.41, 5.74) is 0.495. The summed E-state index contributed by atoms with van der Waals surface area (Å²) in [4.78, 5) is 26.9. The van der Waals surface area contributed by atoms with Crippen molar-refractivity contribution in [3.05, 3.63) is 56.6 Å². The first kappa shape index (κ1) is 13.4. The van der Waals surface area contributed by atoms with Crippen molar-refractivity contribution in [2.75, 3.05) is 4.90 Å². The van der Waals surface area contributed by atoms with E-state index in [0.717, 1.165) is 21.5 Å². The third kappa shape index (κ3) is 2.52. The Bertz CT molecular complexity index is 710. The predicted molar refractivity (Wildman–Crippen MR) is 84.2 cm³/mol. The molecule has 100 valence electrons. The lowest BCUT2D eigenvalue weighted by molar-refractivity contribution is -0.113. The van der Waals surface area contributed by atoms with Crippen LogP contribution in [0.15, 0.2) is 46.7 Å². The third-order valence-electron chi connectivity index (χ3n) is 2.68. The van der Waals surface area contributed by atoms with Gasteiger partial charge in [-0.2, -0.15) is 0 Å². The zero-order chi connectivity index (χ0) is 14.1. The Kier molecular flexibility index (Phi) is 3.65. The molecule has 3 nitrogen and oxygen atoms in total. The van der Waals surface area contributed by atoms with Crippen molar-refractivity contribution in [2.45, 2.75) is 0 Å². The maximum Gasteiger partial charge on any atom is 0.298 e. The molecular weight excluding hydrogens is 314 g/mol. The smallest absolute Gasteiger partial charge is 0.268 e. The van der Waals surface area contributed by atoms with Crippen molar-refractivity contribution in [3.63, 3.8) is 0 Å². The summed E-state index contributed by atoms with van der Waals surface area (Å²) in [5, 5.41) is 2.11. The van der Waals surface area contributed by atoms with E-state index in [1.807, 2.05) is 17.5 Å². The molecule has 2 heterocycles. The molecule has 20 heavy (non-hydrogen) atoms. The molecule has 0 spiro atoms. The second-order valence-electron chi connectivity index (χ2n) is 4.01. The van der Waals surface area contributed by atoms with Crippen molar-refractivity contribution in [2.24, 2.45) is 0 Å². The van der Waals surface area contributed by atoms with E-state index in [1.165, 1.54) is 11.3 Å². The molecule has 0 radical (unpaired) electrons. The molecule has 1 aliphatic rings. The van der Waals surface area contributed by atoms with Crippen LogP contribution >= 0.6 is 34.7 Å². The minimum Gasteiger partial charge on any atom is -0.268 e. The molecule has 0 atom stereocenters.